The highest BCUT2D eigenvalue weighted by Gasteiger charge is 2.17. The van der Waals surface area contributed by atoms with E-state index in [2.05, 4.69) is 76.3 Å². The molecule has 2 rings (SSSR count). The Morgan fingerprint density at radius 3 is 2.63 bits per heavy atom. The average molecular weight is 370 g/mol. The lowest BCUT2D eigenvalue weighted by Gasteiger charge is -2.19. The molecule has 0 radical (unpaired) electrons. The first-order valence-corrected chi connectivity index (χ1v) is 7.71. The maximum atomic E-state index is 4.18. The van der Waals surface area contributed by atoms with Gasteiger partial charge in [-0.1, -0.05) is 31.2 Å². The Bertz CT molecular complexity index is 506. The second-order valence-corrected chi connectivity index (χ2v) is 5.67. The predicted molar refractivity (Wildman–Crippen MR) is 85.0 cm³/mol. The molecule has 0 aliphatic heterocycles. The third kappa shape index (κ3) is 3.54. The van der Waals surface area contributed by atoms with Crippen molar-refractivity contribution in [2.75, 3.05) is 6.54 Å². The lowest BCUT2D eigenvalue weighted by molar-refractivity contribution is 0.511. The van der Waals surface area contributed by atoms with Crippen molar-refractivity contribution in [1.29, 1.82) is 0 Å². The summed E-state index contributed by atoms with van der Waals surface area (Å²) in [5.41, 5.74) is 2.38. The standard InChI is InChI=1S/C14H19IN4/c1-3-9-19-13(10-17-18-19)14(16-4-2)11-5-7-12(15)8-6-11/h5-8,10,14,16H,3-4,9H2,1-2H3. The van der Waals surface area contributed by atoms with Crippen LogP contribution in [-0.2, 0) is 6.54 Å². The van der Waals surface area contributed by atoms with Gasteiger partial charge in [0.1, 0.15) is 0 Å². The fourth-order valence-electron chi connectivity index (χ4n) is 2.13. The number of aromatic nitrogens is 3. The predicted octanol–water partition coefficient (Wildman–Crippen LogP) is 2.99. The Labute approximate surface area is 127 Å². The molecule has 102 valence electrons. The van der Waals surface area contributed by atoms with Crippen molar-refractivity contribution in [3.05, 3.63) is 45.3 Å². The van der Waals surface area contributed by atoms with E-state index < -0.39 is 0 Å². The minimum Gasteiger partial charge on any atom is -0.305 e. The first-order chi connectivity index (χ1) is 9.26. The van der Waals surface area contributed by atoms with Gasteiger partial charge >= 0.3 is 0 Å². The van der Waals surface area contributed by atoms with Gasteiger partial charge in [0.15, 0.2) is 0 Å². The quantitative estimate of drug-likeness (QED) is 0.795. The van der Waals surface area contributed by atoms with Crippen LogP contribution in [0, 0.1) is 3.57 Å². The van der Waals surface area contributed by atoms with E-state index >= 15 is 0 Å². The number of aryl methyl sites for hydroxylation is 1. The highest BCUT2D eigenvalue weighted by Crippen LogP contribution is 2.22. The first kappa shape index (κ1) is 14.5. The number of nitrogens with one attached hydrogen (secondary N) is 1. The maximum absolute atomic E-state index is 4.18. The van der Waals surface area contributed by atoms with E-state index in [9.17, 15) is 0 Å². The molecule has 0 amide bonds. The van der Waals surface area contributed by atoms with Crippen molar-refractivity contribution in [3.8, 4) is 0 Å². The topological polar surface area (TPSA) is 42.7 Å². The van der Waals surface area contributed by atoms with E-state index in [1.807, 2.05) is 10.9 Å². The summed E-state index contributed by atoms with van der Waals surface area (Å²) < 4.78 is 3.24. The minimum absolute atomic E-state index is 0.156. The molecule has 1 unspecified atom stereocenters. The largest absolute Gasteiger partial charge is 0.305 e. The molecule has 1 aromatic carbocycles. The molecule has 1 N–H and O–H groups in total. The van der Waals surface area contributed by atoms with Crippen LogP contribution in [0.25, 0.3) is 0 Å². The summed E-state index contributed by atoms with van der Waals surface area (Å²) in [5, 5.41) is 11.8. The van der Waals surface area contributed by atoms with Crippen molar-refractivity contribution in [1.82, 2.24) is 20.3 Å². The SMILES string of the molecule is CCCn1nncc1C(NCC)c1ccc(I)cc1. The number of halogens is 1. The summed E-state index contributed by atoms with van der Waals surface area (Å²) in [6, 6.07) is 8.75. The van der Waals surface area contributed by atoms with Crippen LogP contribution in [0.2, 0.25) is 0 Å². The van der Waals surface area contributed by atoms with E-state index in [1.54, 1.807) is 0 Å². The van der Waals surface area contributed by atoms with E-state index in [0.717, 1.165) is 25.2 Å². The molecule has 0 aliphatic carbocycles. The molecule has 5 heteroatoms. The van der Waals surface area contributed by atoms with E-state index in [-0.39, 0.29) is 6.04 Å². The summed E-state index contributed by atoms with van der Waals surface area (Å²) in [7, 11) is 0. The Balaban J connectivity index is 2.33. The molecule has 0 aliphatic rings. The van der Waals surface area contributed by atoms with Crippen molar-refractivity contribution >= 4 is 22.6 Å². The molecule has 2 aromatic rings. The summed E-state index contributed by atoms with van der Waals surface area (Å²) in [4.78, 5) is 0. The molecule has 1 atom stereocenters. The van der Waals surface area contributed by atoms with Crippen LogP contribution in [0.4, 0.5) is 0 Å². The normalized spacial score (nSPS) is 12.6. The van der Waals surface area contributed by atoms with Gasteiger partial charge in [-0.25, -0.2) is 4.68 Å². The number of benzene rings is 1. The Morgan fingerprint density at radius 2 is 2.00 bits per heavy atom. The molecule has 0 bridgehead atoms. The van der Waals surface area contributed by atoms with Crippen LogP contribution in [-0.4, -0.2) is 21.5 Å². The zero-order valence-electron chi connectivity index (χ0n) is 11.3. The number of hydrogen-bond donors (Lipinski definition) is 1. The van der Waals surface area contributed by atoms with Gasteiger partial charge in [-0.05, 0) is 53.3 Å². The number of hydrogen-bond acceptors (Lipinski definition) is 3. The van der Waals surface area contributed by atoms with Gasteiger partial charge in [0.25, 0.3) is 0 Å². The van der Waals surface area contributed by atoms with Gasteiger partial charge in [0, 0.05) is 10.1 Å². The highest BCUT2D eigenvalue weighted by atomic mass is 127. The molecule has 0 saturated heterocycles. The van der Waals surface area contributed by atoms with Gasteiger partial charge in [0.05, 0.1) is 17.9 Å². The third-order valence-electron chi connectivity index (χ3n) is 2.99. The van der Waals surface area contributed by atoms with Crippen LogP contribution in [0.5, 0.6) is 0 Å². The van der Waals surface area contributed by atoms with E-state index in [4.69, 9.17) is 0 Å². The van der Waals surface area contributed by atoms with Crippen LogP contribution < -0.4 is 5.32 Å². The zero-order valence-corrected chi connectivity index (χ0v) is 13.5. The Hall–Kier alpha value is -0.950. The number of rotatable bonds is 6. The summed E-state index contributed by atoms with van der Waals surface area (Å²) in [5.74, 6) is 0. The van der Waals surface area contributed by atoms with Gasteiger partial charge in [-0.15, -0.1) is 5.10 Å². The van der Waals surface area contributed by atoms with E-state index in [1.165, 1.54) is 9.13 Å². The third-order valence-corrected chi connectivity index (χ3v) is 3.71. The highest BCUT2D eigenvalue weighted by molar-refractivity contribution is 14.1. The maximum Gasteiger partial charge on any atom is 0.0801 e. The minimum atomic E-state index is 0.156. The Morgan fingerprint density at radius 1 is 1.26 bits per heavy atom. The summed E-state index contributed by atoms with van der Waals surface area (Å²) in [6.45, 7) is 6.09. The molecule has 4 nitrogen and oxygen atoms in total. The van der Waals surface area contributed by atoms with Gasteiger partial charge < -0.3 is 5.32 Å². The smallest absolute Gasteiger partial charge is 0.0801 e. The molecule has 1 aromatic heterocycles. The van der Waals surface area contributed by atoms with Gasteiger partial charge in [-0.2, -0.15) is 0 Å². The number of nitrogens with zero attached hydrogens (tertiary/aromatic N) is 3. The monoisotopic (exact) mass is 370 g/mol. The second-order valence-electron chi connectivity index (χ2n) is 4.42. The summed E-state index contributed by atoms with van der Waals surface area (Å²) in [6.07, 6.45) is 2.92. The van der Waals surface area contributed by atoms with Crippen LogP contribution >= 0.6 is 22.6 Å². The van der Waals surface area contributed by atoms with Crippen LogP contribution in [0.3, 0.4) is 0 Å². The van der Waals surface area contributed by atoms with Crippen molar-refractivity contribution in [2.24, 2.45) is 0 Å². The van der Waals surface area contributed by atoms with Crippen LogP contribution in [0.1, 0.15) is 37.6 Å². The molecular weight excluding hydrogens is 351 g/mol. The van der Waals surface area contributed by atoms with Gasteiger partial charge in [-0.3, -0.25) is 0 Å². The first-order valence-electron chi connectivity index (χ1n) is 6.63. The lowest BCUT2D eigenvalue weighted by Crippen LogP contribution is -2.25. The van der Waals surface area contributed by atoms with Crippen molar-refractivity contribution in [2.45, 2.75) is 32.9 Å². The average Bonchev–Trinajstić information content (AvgIpc) is 2.86. The molecular formula is C14H19IN4. The zero-order chi connectivity index (χ0) is 13.7. The molecule has 19 heavy (non-hydrogen) atoms. The second kappa shape index (κ2) is 7.00. The molecule has 0 spiro atoms. The van der Waals surface area contributed by atoms with E-state index in [0.29, 0.717) is 0 Å². The Kier molecular flexibility index (Phi) is 5.33. The molecule has 1 heterocycles. The van der Waals surface area contributed by atoms with Crippen molar-refractivity contribution in [3.63, 3.8) is 0 Å². The summed E-state index contributed by atoms with van der Waals surface area (Å²) >= 11 is 2.32. The molecule has 0 fully saturated rings. The fourth-order valence-corrected chi connectivity index (χ4v) is 2.49. The fraction of sp³-hybridized carbons (Fsp3) is 0.429. The lowest BCUT2D eigenvalue weighted by atomic mass is 10.0. The van der Waals surface area contributed by atoms with Crippen LogP contribution in [0.15, 0.2) is 30.5 Å². The van der Waals surface area contributed by atoms with Crippen molar-refractivity contribution < 1.29 is 0 Å². The molecule has 0 saturated carbocycles. The van der Waals surface area contributed by atoms with Gasteiger partial charge in [0.2, 0.25) is 0 Å².